The predicted octanol–water partition coefficient (Wildman–Crippen LogP) is 2.11. The highest BCUT2D eigenvalue weighted by molar-refractivity contribution is 5.92. The number of carboxylic acid groups (broad SMARTS) is 1. The molecule has 2 rings (SSSR count). The number of carbonyl (C=O) groups excluding carboxylic acids is 1. The summed E-state index contributed by atoms with van der Waals surface area (Å²) < 4.78 is 6.47. The lowest BCUT2D eigenvalue weighted by molar-refractivity contribution is -0.136. The molecule has 0 fully saturated rings. The second kappa shape index (κ2) is 12.5. The monoisotopic (exact) mass is 421 g/mol. The van der Waals surface area contributed by atoms with Crippen molar-refractivity contribution >= 4 is 34.7 Å². The Bertz CT molecular complexity index is 912. The minimum absolute atomic E-state index is 0.0485. The molecule has 0 saturated carbocycles. The van der Waals surface area contributed by atoms with E-state index in [0.717, 1.165) is 0 Å². The van der Waals surface area contributed by atoms with Crippen molar-refractivity contribution in [3.8, 4) is 0 Å². The molecule has 0 saturated heterocycles. The van der Waals surface area contributed by atoms with E-state index in [1.54, 1.807) is 26.1 Å². The van der Waals surface area contributed by atoms with Gasteiger partial charge in [0.2, 0.25) is 5.91 Å². The summed E-state index contributed by atoms with van der Waals surface area (Å²) >= 11 is 0. The first-order valence-electron chi connectivity index (χ1n) is 9.93. The fourth-order valence-electron chi connectivity index (χ4n) is 2.45. The van der Waals surface area contributed by atoms with Crippen LogP contribution in [0.2, 0.25) is 0 Å². The van der Waals surface area contributed by atoms with Crippen LogP contribution in [-0.4, -0.2) is 58.8 Å². The zero-order valence-electron chi connectivity index (χ0n) is 18.3. The number of carbonyl (C=O) groups is 2. The van der Waals surface area contributed by atoms with Gasteiger partial charge in [-0.3, -0.25) is 23.9 Å². The number of methoxy groups -OCH3 is 1. The Morgan fingerprint density at radius 1 is 1.23 bits per heavy atom. The summed E-state index contributed by atoms with van der Waals surface area (Å²) in [4.78, 5) is 45.5. The number of ether oxygens (including phenoxy) is 1. The summed E-state index contributed by atoms with van der Waals surface area (Å²) in [7, 11) is 3.14. The number of hydrogen-bond donors (Lipinski definition) is 2. The quantitative estimate of drug-likeness (QED) is 0.630. The number of aliphatic carboxylic acids is 1. The van der Waals surface area contributed by atoms with Gasteiger partial charge in [0, 0.05) is 27.1 Å². The molecule has 0 aliphatic heterocycles. The number of nitrogens with zero attached hydrogens (tertiary/aromatic N) is 4. The zero-order chi connectivity index (χ0) is 22.7. The van der Waals surface area contributed by atoms with Crippen LogP contribution < -0.4 is 15.8 Å². The molecular formula is C20H31N5O5. The highest BCUT2D eigenvalue weighted by Crippen LogP contribution is 2.17. The lowest BCUT2D eigenvalue weighted by Gasteiger charge is -2.17. The average Bonchev–Trinajstić information content (AvgIpc) is 2.72. The first-order valence-corrected chi connectivity index (χ1v) is 9.93. The molecule has 30 heavy (non-hydrogen) atoms. The molecular weight excluding hydrogens is 390 g/mol. The molecule has 0 aromatic carbocycles. The molecule has 0 bridgehead atoms. The second-order valence-electron chi connectivity index (χ2n) is 6.51. The standard InChI is InChI=1S/C17H23N5O5.C3H8/c1-4-13(23)21(2)12-6-5-11-16(20-12)22(9-10-27-3)17(26)15(19-11)18-8-7-14(24)25;1-3-2/h5-6H,4,7-10H2,1-3H3,(H,18,19)(H,24,25);3H2,1-2H3. The summed E-state index contributed by atoms with van der Waals surface area (Å²) in [6.07, 6.45) is 1.44. The largest absolute Gasteiger partial charge is 0.481 e. The molecule has 10 heteroatoms. The van der Waals surface area contributed by atoms with Gasteiger partial charge in [0.05, 0.1) is 19.6 Å². The van der Waals surface area contributed by atoms with E-state index in [4.69, 9.17) is 9.84 Å². The van der Waals surface area contributed by atoms with E-state index in [2.05, 4.69) is 29.1 Å². The third kappa shape index (κ3) is 6.80. The van der Waals surface area contributed by atoms with E-state index >= 15 is 0 Å². The maximum absolute atomic E-state index is 12.8. The van der Waals surface area contributed by atoms with Crippen molar-refractivity contribution in [2.75, 3.05) is 37.5 Å². The number of pyridine rings is 1. The number of fused-ring (bicyclic) bond motifs is 1. The van der Waals surface area contributed by atoms with Crippen LogP contribution in [0.1, 0.15) is 40.0 Å². The van der Waals surface area contributed by atoms with E-state index in [0.29, 0.717) is 23.4 Å². The fraction of sp³-hybridized carbons (Fsp3) is 0.550. The van der Waals surface area contributed by atoms with Gasteiger partial charge >= 0.3 is 5.97 Å². The van der Waals surface area contributed by atoms with Gasteiger partial charge in [-0.1, -0.05) is 27.2 Å². The fourth-order valence-corrected chi connectivity index (χ4v) is 2.45. The minimum atomic E-state index is -0.974. The van der Waals surface area contributed by atoms with E-state index < -0.39 is 11.5 Å². The van der Waals surface area contributed by atoms with Crippen LogP contribution >= 0.6 is 0 Å². The molecule has 2 heterocycles. The normalized spacial score (nSPS) is 10.3. The Morgan fingerprint density at radius 3 is 2.47 bits per heavy atom. The van der Waals surface area contributed by atoms with Gasteiger partial charge in [-0.05, 0) is 12.1 Å². The lowest BCUT2D eigenvalue weighted by atomic mass is 10.3. The van der Waals surface area contributed by atoms with Crippen LogP contribution in [0.15, 0.2) is 16.9 Å². The molecule has 1 amide bonds. The smallest absolute Gasteiger partial charge is 0.305 e. The average molecular weight is 421 g/mol. The molecule has 2 aromatic heterocycles. The molecule has 0 spiro atoms. The first-order chi connectivity index (χ1) is 14.3. The van der Waals surface area contributed by atoms with Crippen LogP contribution in [0.3, 0.4) is 0 Å². The van der Waals surface area contributed by atoms with Gasteiger partial charge in [-0.2, -0.15) is 0 Å². The summed E-state index contributed by atoms with van der Waals surface area (Å²) in [5.74, 6) is -0.619. The van der Waals surface area contributed by atoms with Crippen molar-refractivity contribution in [1.82, 2.24) is 14.5 Å². The third-order valence-electron chi connectivity index (χ3n) is 3.95. The minimum Gasteiger partial charge on any atom is -0.481 e. The van der Waals surface area contributed by atoms with Gasteiger partial charge < -0.3 is 15.2 Å². The Labute approximate surface area is 175 Å². The predicted molar refractivity (Wildman–Crippen MR) is 116 cm³/mol. The van der Waals surface area contributed by atoms with Gasteiger partial charge in [-0.25, -0.2) is 9.97 Å². The highest BCUT2D eigenvalue weighted by Gasteiger charge is 2.16. The van der Waals surface area contributed by atoms with Gasteiger partial charge in [0.25, 0.3) is 5.56 Å². The second-order valence-corrected chi connectivity index (χ2v) is 6.51. The number of anilines is 2. The molecule has 0 radical (unpaired) electrons. The van der Waals surface area contributed by atoms with E-state index in [9.17, 15) is 14.4 Å². The van der Waals surface area contributed by atoms with Crippen molar-refractivity contribution < 1.29 is 19.4 Å². The van der Waals surface area contributed by atoms with Crippen LogP contribution in [0.25, 0.3) is 11.2 Å². The maximum atomic E-state index is 12.8. The zero-order valence-corrected chi connectivity index (χ0v) is 18.3. The molecule has 166 valence electrons. The van der Waals surface area contributed by atoms with E-state index in [1.165, 1.54) is 23.0 Å². The van der Waals surface area contributed by atoms with Gasteiger partial charge in [0.1, 0.15) is 11.3 Å². The van der Waals surface area contributed by atoms with Crippen molar-refractivity contribution in [2.45, 2.75) is 46.6 Å². The summed E-state index contributed by atoms with van der Waals surface area (Å²) in [6, 6.07) is 3.32. The summed E-state index contributed by atoms with van der Waals surface area (Å²) in [5, 5.41) is 11.5. The third-order valence-corrected chi connectivity index (χ3v) is 3.95. The van der Waals surface area contributed by atoms with Crippen LogP contribution in [0, 0.1) is 0 Å². The van der Waals surface area contributed by atoms with Crippen molar-refractivity contribution in [2.24, 2.45) is 0 Å². The van der Waals surface area contributed by atoms with Crippen molar-refractivity contribution in [1.29, 1.82) is 0 Å². The molecule has 0 aliphatic rings. The summed E-state index contributed by atoms with van der Waals surface area (Å²) in [6.45, 7) is 6.60. The van der Waals surface area contributed by atoms with Crippen LogP contribution in [0.4, 0.5) is 11.6 Å². The van der Waals surface area contributed by atoms with Gasteiger partial charge in [-0.15, -0.1) is 0 Å². The topological polar surface area (TPSA) is 127 Å². The summed E-state index contributed by atoms with van der Waals surface area (Å²) in [5.41, 5.74) is 0.345. The highest BCUT2D eigenvalue weighted by atomic mass is 16.5. The lowest BCUT2D eigenvalue weighted by Crippen LogP contribution is -2.29. The Balaban J connectivity index is 0.00000141. The molecule has 0 unspecified atom stereocenters. The number of carboxylic acids is 1. The van der Waals surface area contributed by atoms with E-state index in [1.807, 2.05) is 0 Å². The number of hydrogen-bond acceptors (Lipinski definition) is 7. The Hall–Kier alpha value is -3.01. The van der Waals surface area contributed by atoms with Crippen LogP contribution in [0.5, 0.6) is 0 Å². The number of aromatic nitrogens is 3. The molecule has 0 aliphatic carbocycles. The van der Waals surface area contributed by atoms with Crippen molar-refractivity contribution in [3.05, 3.63) is 22.5 Å². The Kier molecular flexibility index (Phi) is 10.5. The Morgan fingerprint density at radius 2 is 1.90 bits per heavy atom. The van der Waals surface area contributed by atoms with Crippen LogP contribution in [-0.2, 0) is 20.9 Å². The van der Waals surface area contributed by atoms with Gasteiger partial charge in [0.15, 0.2) is 11.5 Å². The number of rotatable bonds is 9. The SMILES string of the molecule is CCC.CCC(=O)N(C)c1ccc2nc(NCCC(=O)O)c(=O)n(CCOC)c2n1. The van der Waals surface area contributed by atoms with E-state index in [-0.39, 0.29) is 37.8 Å². The molecule has 0 atom stereocenters. The first kappa shape index (κ1) is 25.0. The molecule has 2 N–H and O–H groups in total. The number of nitrogens with one attached hydrogen (secondary N) is 1. The maximum Gasteiger partial charge on any atom is 0.305 e. The molecule has 2 aromatic rings. The number of amides is 1. The molecule has 10 nitrogen and oxygen atoms in total. The van der Waals surface area contributed by atoms with Crippen molar-refractivity contribution in [3.63, 3.8) is 0 Å².